The summed E-state index contributed by atoms with van der Waals surface area (Å²) in [5, 5.41) is 9.17. The number of aliphatic hydroxyl groups excluding tert-OH is 1. The third-order valence-electron chi connectivity index (χ3n) is 2.52. The average molecular weight is 207 g/mol. The van der Waals surface area contributed by atoms with E-state index in [0.717, 1.165) is 0 Å². The summed E-state index contributed by atoms with van der Waals surface area (Å²) in [4.78, 5) is 0. The molecule has 1 atom stereocenters. The molecule has 3 N–H and O–H groups in total. The lowest BCUT2D eigenvalue weighted by atomic mass is 9.88. The Kier molecular flexibility index (Phi) is 2.99. The average Bonchev–Trinajstić information content (AvgIpc) is 1.95. The summed E-state index contributed by atoms with van der Waals surface area (Å²) in [6.07, 6.45) is 0.981. The Balaban J connectivity index is 2.56. The van der Waals surface area contributed by atoms with E-state index in [4.69, 9.17) is 5.73 Å². The van der Waals surface area contributed by atoms with Crippen molar-refractivity contribution in [2.45, 2.75) is 37.8 Å². The lowest BCUT2D eigenvalue weighted by Crippen LogP contribution is -2.48. The van der Waals surface area contributed by atoms with E-state index in [1.807, 2.05) is 0 Å². The molecule has 0 amide bonds. The third kappa shape index (κ3) is 3.25. The van der Waals surface area contributed by atoms with Gasteiger partial charge in [0.2, 0.25) is 0 Å². The minimum Gasteiger partial charge on any atom is -0.393 e. The number of hydrogen-bond donors (Lipinski definition) is 2. The first-order valence-corrected chi connectivity index (χ1v) is 6.33. The van der Waals surface area contributed by atoms with Gasteiger partial charge in [0.05, 0.1) is 17.6 Å². The highest BCUT2D eigenvalue weighted by Crippen LogP contribution is 2.25. The first-order chi connectivity index (χ1) is 5.83. The van der Waals surface area contributed by atoms with E-state index >= 15 is 0 Å². The fraction of sp³-hybridized carbons (Fsp3) is 1.00. The van der Waals surface area contributed by atoms with E-state index in [-0.39, 0.29) is 11.5 Å². The van der Waals surface area contributed by atoms with Crippen molar-refractivity contribution in [3.63, 3.8) is 0 Å². The van der Waals surface area contributed by atoms with Crippen molar-refractivity contribution in [2.75, 3.05) is 11.5 Å². The van der Waals surface area contributed by atoms with E-state index in [0.29, 0.717) is 19.3 Å². The summed E-state index contributed by atoms with van der Waals surface area (Å²) in [5.74, 6) is 0.326. The maximum atomic E-state index is 11.1. The van der Waals surface area contributed by atoms with Crippen LogP contribution in [0.15, 0.2) is 0 Å². The van der Waals surface area contributed by atoms with Crippen molar-refractivity contribution in [3.05, 3.63) is 0 Å². The number of sulfone groups is 1. The van der Waals surface area contributed by atoms with Crippen molar-refractivity contribution < 1.29 is 13.5 Å². The SMILES string of the molecule is CC(O)CC1(N)CCS(=O)(=O)CC1. The highest BCUT2D eigenvalue weighted by molar-refractivity contribution is 7.91. The van der Waals surface area contributed by atoms with Crippen molar-refractivity contribution in [1.29, 1.82) is 0 Å². The first kappa shape index (κ1) is 10.9. The molecule has 1 unspecified atom stereocenters. The zero-order valence-electron chi connectivity index (χ0n) is 7.86. The van der Waals surface area contributed by atoms with Gasteiger partial charge >= 0.3 is 0 Å². The molecule has 0 bridgehead atoms. The van der Waals surface area contributed by atoms with Gasteiger partial charge in [-0.3, -0.25) is 0 Å². The lowest BCUT2D eigenvalue weighted by Gasteiger charge is -2.34. The van der Waals surface area contributed by atoms with Crippen LogP contribution in [0, 0.1) is 0 Å². The number of nitrogens with two attached hydrogens (primary N) is 1. The summed E-state index contributed by atoms with van der Waals surface area (Å²) in [5.41, 5.74) is 5.48. The predicted octanol–water partition coefficient (Wildman–Crippen LogP) is -0.337. The van der Waals surface area contributed by atoms with Crippen LogP contribution in [0.25, 0.3) is 0 Å². The van der Waals surface area contributed by atoms with Crippen LogP contribution in [0.5, 0.6) is 0 Å². The molecule has 1 aliphatic heterocycles. The summed E-state index contributed by atoms with van der Waals surface area (Å²) >= 11 is 0. The van der Waals surface area contributed by atoms with Crippen LogP contribution in [0.4, 0.5) is 0 Å². The summed E-state index contributed by atoms with van der Waals surface area (Å²) in [6, 6.07) is 0. The second-order valence-corrected chi connectivity index (χ2v) is 6.37. The molecule has 1 rings (SSSR count). The molecular weight excluding hydrogens is 190 g/mol. The van der Waals surface area contributed by atoms with E-state index < -0.39 is 21.5 Å². The first-order valence-electron chi connectivity index (χ1n) is 4.50. The molecular formula is C8H17NO3S. The molecule has 78 valence electrons. The van der Waals surface area contributed by atoms with Crippen molar-refractivity contribution in [2.24, 2.45) is 5.73 Å². The Labute approximate surface area is 79.0 Å². The van der Waals surface area contributed by atoms with Gasteiger partial charge < -0.3 is 10.8 Å². The molecule has 0 aromatic rings. The Morgan fingerprint density at radius 1 is 1.46 bits per heavy atom. The summed E-state index contributed by atoms with van der Waals surface area (Å²) < 4.78 is 22.2. The van der Waals surface area contributed by atoms with Gasteiger partial charge in [-0.05, 0) is 26.2 Å². The molecule has 0 aromatic heterocycles. The van der Waals surface area contributed by atoms with E-state index in [1.54, 1.807) is 6.92 Å². The molecule has 0 saturated carbocycles. The Hall–Kier alpha value is -0.130. The minimum atomic E-state index is -2.85. The molecule has 0 spiro atoms. The van der Waals surface area contributed by atoms with Gasteiger partial charge in [-0.1, -0.05) is 0 Å². The van der Waals surface area contributed by atoms with Crippen LogP contribution >= 0.6 is 0 Å². The Bertz CT molecular complexity index is 257. The van der Waals surface area contributed by atoms with Crippen LogP contribution in [0.1, 0.15) is 26.2 Å². The van der Waals surface area contributed by atoms with Crippen LogP contribution in [-0.2, 0) is 9.84 Å². The summed E-state index contributed by atoms with van der Waals surface area (Å²) in [7, 11) is -2.85. The van der Waals surface area contributed by atoms with Crippen molar-refractivity contribution in [1.82, 2.24) is 0 Å². The molecule has 1 saturated heterocycles. The van der Waals surface area contributed by atoms with Crippen molar-refractivity contribution in [3.8, 4) is 0 Å². The van der Waals surface area contributed by atoms with Crippen LogP contribution in [0.3, 0.4) is 0 Å². The van der Waals surface area contributed by atoms with Gasteiger partial charge in [-0.25, -0.2) is 8.42 Å². The molecule has 0 aliphatic carbocycles. The predicted molar refractivity (Wildman–Crippen MR) is 51.1 cm³/mol. The smallest absolute Gasteiger partial charge is 0.150 e. The van der Waals surface area contributed by atoms with Gasteiger partial charge in [-0.15, -0.1) is 0 Å². The largest absolute Gasteiger partial charge is 0.393 e. The highest BCUT2D eigenvalue weighted by atomic mass is 32.2. The van der Waals surface area contributed by atoms with Crippen molar-refractivity contribution >= 4 is 9.84 Å². The van der Waals surface area contributed by atoms with Gasteiger partial charge in [0.1, 0.15) is 9.84 Å². The number of rotatable bonds is 2. The van der Waals surface area contributed by atoms with Crippen LogP contribution in [-0.4, -0.2) is 36.7 Å². The fourth-order valence-electron chi connectivity index (χ4n) is 1.74. The third-order valence-corrected chi connectivity index (χ3v) is 4.18. The molecule has 0 aromatic carbocycles. The Morgan fingerprint density at radius 3 is 2.31 bits per heavy atom. The fourth-order valence-corrected chi connectivity index (χ4v) is 3.38. The van der Waals surface area contributed by atoms with E-state index in [1.165, 1.54) is 0 Å². The van der Waals surface area contributed by atoms with E-state index in [2.05, 4.69) is 0 Å². The standard InChI is InChI=1S/C8H17NO3S/c1-7(10)6-8(9)2-4-13(11,12)5-3-8/h7,10H,2-6,9H2,1H3. The molecule has 1 aliphatic rings. The van der Waals surface area contributed by atoms with Crippen LogP contribution in [0.2, 0.25) is 0 Å². The quantitative estimate of drug-likeness (QED) is 0.649. The molecule has 1 fully saturated rings. The Morgan fingerprint density at radius 2 is 1.92 bits per heavy atom. The minimum absolute atomic E-state index is 0.163. The second-order valence-electron chi connectivity index (χ2n) is 4.07. The molecule has 13 heavy (non-hydrogen) atoms. The lowest BCUT2D eigenvalue weighted by molar-refractivity contribution is 0.143. The van der Waals surface area contributed by atoms with Gasteiger partial charge in [-0.2, -0.15) is 0 Å². The topological polar surface area (TPSA) is 80.4 Å². The molecule has 0 radical (unpaired) electrons. The van der Waals surface area contributed by atoms with Gasteiger partial charge in [0, 0.05) is 5.54 Å². The maximum Gasteiger partial charge on any atom is 0.150 e. The summed E-state index contributed by atoms with van der Waals surface area (Å²) in [6.45, 7) is 1.68. The van der Waals surface area contributed by atoms with Crippen LogP contribution < -0.4 is 5.73 Å². The highest BCUT2D eigenvalue weighted by Gasteiger charge is 2.34. The molecule has 4 nitrogen and oxygen atoms in total. The zero-order chi connectivity index (χ0) is 10.1. The normalized spacial score (nSPS) is 28.2. The van der Waals surface area contributed by atoms with Gasteiger partial charge in [0.25, 0.3) is 0 Å². The molecule has 1 heterocycles. The number of hydrogen-bond acceptors (Lipinski definition) is 4. The monoisotopic (exact) mass is 207 g/mol. The zero-order valence-corrected chi connectivity index (χ0v) is 8.68. The maximum absolute atomic E-state index is 11.1. The van der Waals surface area contributed by atoms with E-state index in [9.17, 15) is 13.5 Å². The van der Waals surface area contributed by atoms with Gasteiger partial charge in [0.15, 0.2) is 0 Å². The number of aliphatic hydroxyl groups is 1. The molecule has 5 heteroatoms. The second kappa shape index (κ2) is 3.55.